The van der Waals surface area contributed by atoms with E-state index in [1.165, 1.54) is 16.7 Å². The van der Waals surface area contributed by atoms with Gasteiger partial charge in [-0.05, 0) is 91.2 Å². The Bertz CT molecular complexity index is 1020. The Morgan fingerprint density at radius 1 is 0.853 bits per heavy atom. The van der Waals surface area contributed by atoms with Crippen LogP contribution in [0.3, 0.4) is 0 Å². The van der Waals surface area contributed by atoms with E-state index in [4.69, 9.17) is 18.9 Å². The molecule has 4 rings (SSSR count). The Hall–Kier alpha value is -2.93. The van der Waals surface area contributed by atoms with E-state index in [0.29, 0.717) is 18.1 Å². The quantitative estimate of drug-likeness (QED) is 0.510. The average molecular weight is 469 g/mol. The molecular formula is C27H36N2O5. The molecule has 1 amide bonds. The minimum Gasteiger partial charge on any atom is -0.493 e. The normalized spacial score (nSPS) is 16.8. The van der Waals surface area contributed by atoms with Gasteiger partial charge in [-0.2, -0.15) is 0 Å². The summed E-state index contributed by atoms with van der Waals surface area (Å²) in [4.78, 5) is 14.8. The third-order valence-corrected chi connectivity index (χ3v) is 7.05. The summed E-state index contributed by atoms with van der Waals surface area (Å²) >= 11 is 0. The number of benzene rings is 2. The number of ether oxygens (including phenoxy) is 4. The van der Waals surface area contributed by atoms with E-state index >= 15 is 0 Å². The minimum absolute atomic E-state index is 0.182. The van der Waals surface area contributed by atoms with E-state index < -0.39 is 0 Å². The third-order valence-electron chi connectivity index (χ3n) is 7.05. The van der Waals surface area contributed by atoms with E-state index in [1.54, 1.807) is 28.4 Å². The summed E-state index contributed by atoms with van der Waals surface area (Å²) in [5.74, 6) is 3.77. The number of amides is 1. The molecule has 2 aromatic rings. The van der Waals surface area contributed by atoms with Crippen molar-refractivity contribution in [1.29, 1.82) is 0 Å². The topological polar surface area (TPSA) is 69.3 Å². The molecule has 0 fully saturated rings. The summed E-state index contributed by atoms with van der Waals surface area (Å²) < 4.78 is 21.7. The Labute approximate surface area is 202 Å². The van der Waals surface area contributed by atoms with Crippen molar-refractivity contribution in [3.8, 4) is 23.0 Å². The SMILES string of the molecule is COc1cc2c(cc1OC)CC(=O)N(CCCNCCC1Cc3cc(OC)c(OC)cc31)CC2. The molecule has 0 bridgehead atoms. The number of nitrogens with one attached hydrogen (secondary N) is 1. The summed E-state index contributed by atoms with van der Waals surface area (Å²) in [6.45, 7) is 3.39. The van der Waals surface area contributed by atoms with Crippen LogP contribution < -0.4 is 24.3 Å². The highest BCUT2D eigenvalue weighted by molar-refractivity contribution is 5.80. The number of hydrogen-bond donors (Lipinski definition) is 1. The molecule has 0 saturated carbocycles. The van der Waals surface area contributed by atoms with Gasteiger partial charge in [0, 0.05) is 13.1 Å². The first kappa shape index (κ1) is 24.2. The highest BCUT2D eigenvalue weighted by atomic mass is 16.5. The molecule has 1 atom stereocenters. The molecule has 1 heterocycles. The van der Waals surface area contributed by atoms with Crippen molar-refractivity contribution in [3.63, 3.8) is 0 Å². The fourth-order valence-electron chi connectivity index (χ4n) is 5.04. The number of hydrogen-bond acceptors (Lipinski definition) is 6. The number of methoxy groups -OCH3 is 4. The van der Waals surface area contributed by atoms with Gasteiger partial charge in [0.2, 0.25) is 5.91 Å². The fourth-order valence-corrected chi connectivity index (χ4v) is 5.04. The smallest absolute Gasteiger partial charge is 0.227 e. The van der Waals surface area contributed by atoms with Gasteiger partial charge in [0.1, 0.15) is 0 Å². The Morgan fingerprint density at radius 2 is 1.47 bits per heavy atom. The molecule has 1 aliphatic carbocycles. The molecule has 2 aliphatic rings. The molecule has 0 aromatic heterocycles. The minimum atomic E-state index is 0.182. The molecule has 7 heteroatoms. The van der Waals surface area contributed by atoms with Crippen molar-refractivity contribution in [2.24, 2.45) is 0 Å². The van der Waals surface area contributed by atoms with Crippen molar-refractivity contribution in [2.45, 2.75) is 38.0 Å². The fraction of sp³-hybridized carbons (Fsp3) is 0.519. The Balaban J connectivity index is 1.19. The first-order valence-corrected chi connectivity index (χ1v) is 12.0. The number of fused-ring (bicyclic) bond motifs is 2. The van der Waals surface area contributed by atoms with Crippen LogP contribution in [0.25, 0.3) is 0 Å². The van der Waals surface area contributed by atoms with Crippen LogP contribution in [0.5, 0.6) is 23.0 Å². The van der Waals surface area contributed by atoms with Crippen molar-refractivity contribution in [1.82, 2.24) is 10.2 Å². The molecule has 1 unspecified atom stereocenters. The number of carbonyl (C=O) groups is 1. The lowest BCUT2D eigenvalue weighted by Crippen LogP contribution is -2.34. The summed E-state index contributed by atoms with van der Waals surface area (Å²) in [6, 6.07) is 8.18. The maximum atomic E-state index is 12.8. The summed E-state index contributed by atoms with van der Waals surface area (Å²) in [6.07, 6.45) is 4.39. The number of carbonyl (C=O) groups excluding carboxylic acids is 1. The average Bonchev–Trinajstić information content (AvgIpc) is 2.99. The van der Waals surface area contributed by atoms with Crippen LogP contribution >= 0.6 is 0 Å². The molecule has 184 valence electrons. The van der Waals surface area contributed by atoms with Crippen LogP contribution in [0.2, 0.25) is 0 Å². The Morgan fingerprint density at radius 3 is 2.15 bits per heavy atom. The second-order valence-electron chi connectivity index (χ2n) is 8.98. The molecule has 1 N–H and O–H groups in total. The molecule has 7 nitrogen and oxygen atoms in total. The zero-order valence-corrected chi connectivity index (χ0v) is 20.7. The van der Waals surface area contributed by atoms with Gasteiger partial charge in [0.25, 0.3) is 0 Å². The van der Waals surface area contributed by atoms with Gasteiger partial charge in [-0.15, -0.1) is 0 Å². The lowest BCUT2D eigenvalue weighted by molar-refractivity contribution is -0.130. The van der Waals surface area contributed by atoms with Crippen molar-refractivity contribution in [2.75, 3.05) is 54.6 Å². The van der Waals surface area contributed by atoms with Crippen LogP contribution in [0.4, 0.5) is 0 Å². The predicted molar refractivity (Wildman–Crippen MR) is 132 cm³/mol. The molecular weight excluding hydrogens is 432 g/mol. The lowest BCUT2D eigenvalue weighted by Gasteiger charge is -2.31. The van der Waals surface area contributed by atoms with Gasteiger partial charge in [-0.3, -0.25) is 4.79 Å². The van der Waals surface area contributed by atoms with Gasteiger partial charge in [-0.1, -0.05) is 0 Å². The third kappa shape index (κ3) is 5.09. The summed E-state index contributed by atoms with van der Waals surface area (Å²) in [5.41, 5.74) is 4.95. The number of nitrogens with zero attached hydrogens (tertiary/aromatic N) is 1. The van der Waals surface area contributed by atoms with E-state index in [1.807, 2.05) is 17.0 Å². The van der Waals surface area contributed by atoms with Gasteiger partial charge in [0.15, 0.2) is 23.0 Å². The van der Waals surface area contributed by atoms with Crippen LogP contribution in [-0.4, -0.2) is 65.4 Å². The first-order valence-electron chi connectivity index (χ1n) is 12.0. The molecule has 0 saturated heterocycles. The maximum absolute atomic E-state index is 12.8. The van der Waals surface area contributed by atoms with Crippen molar-refractivity contribution >= 4 is 5.91 Å². The standard InChI is InChI=1S/C27H36N2O5/c1-31-23-13-18-7-11-29(27(30)16-20(18)14-24(23)32-2)10-5-8-28-9-6-19-12-21-15-25(33-3)26(34-4)17-22(19)21/h13-15,17,19,28H,5-12,16H2,1-4H3. The zero-order chi connectivity index (χ0) is 24.1. The molecule has 0 spiro atoms. The van der Waals surface area contributed by atoms with E-state index in [9.17, 15) is 4.79 Å². The second-order valence-corrected chi connectivity index (χ2v) is 8.98. The highest BCUT2D eigenvalue weighted by Gasteiger charge is 2.28. The molecule has 0 radical (unpaired) electrons. The summed E-state index contributed by atoms with van der Waals surface area (Å²) in [5, 5.41) is 3.56. The van der Waals surface area contributed by atoms with E-state index in [2.05, 4.69) is 17.4 Å². The predicted octanol–water partition coefficient (Wildman–Crippen LogP) is 3.36. The summed E-state index contributed by atoms with van der Waals surface area (Å²) in [7, 11) is 6.63. The molecule has 2 aromatic carbocycles. The zero-order valence-electron chi connectivity index (χ0n) is 20.7. The number of rotatable bonds is 11. The van der Waals surface area contributed by atoms with Crippen LogP contribution in [0.15, 0.2) is 24.3 Å². The van der Waals surface area contributed by atoms with E-state index in [0.717, 1.165) is 74.7 Å². The molecule has 34 heavy (non-hydrogen) atoms. The monoisotopic (exact) mass is 468 g/mol. The van der Waals surface area contributed by atoms with Gasteiger partial charge < -0.3 is 29.2 Å². The van der Waals surface area contributed by atoms with Crippen LogP contribution in [0.1, 0.15) is 41.0 Å². The van der Waals surface area contributed by atoms with Gasteiger partial charge in [-0.25, -0.2) is 0 Å². The van der Waals surface area contributed by atoms with Gasteiger partial charge in [0.05, 0.1) is 34.9 Å². The Kier molecular flexibility index (Phi) is 7.83. The van der Waals surface area contributed by atoms with Crippen molar-refractivity contribution < 1.29 is 23.7 Å². The van der Waals surface area contributed by atoms with Crippen molar-refractivity contribution in [3.05, 3.63) is 46.5 Å². The van der Waals surface area contributed by atoms with Crippen LogP contribution in [-0.2, 0) is 24.1 Å². The van der Waals surface area contributed by atoms with Crippen LogP contribution in [0, 0.1) is 0 Å². The van der Waals surface area contributed by atoms with E-state index in [-0.39, 0.29) is 5.91 Å². The second kappa shape index (κ2) is 11.0. The lowest BCUT2D eigenvalue weighted by atomic mass is 9.75. The molecule has 1 aliphatic heterocycles. The highest BCUT2D eigenvalue weighted by Crippen LogP contribution is 2.43. The maximum Gasteiger partial charge on any atom is 0.227 e. The van der Waals surface area contributed by atoms with Gasteiger partial charge >= 0.3 is 0 Å². The largest absolute Gasteiger partial charge is 0.493 e. The first-order chi connectivity index (χ1) is 16.6.